The van der Waals surface area contributed by atoms with Crippen LogP contribution in [0.3, 0.4) is 0 Å². The lowest BCUT2D eigenvalue weighted by molar-refractivity contribution is 0.0686. The Balaban J connectivity index is 0.000000160. The van der Waals surface area contributed by atoms with Crippen LogP contribution < -0.4 is 11.2 Å². The lowest BCUT2D eigenvalue weighted by Crippen LogP contribution is -2.26. The molecular weight excluding hydrogens is 525 g/mol. The van der Waals surface area contributed by atoms with E-state index in [4.69, 9.17) is 22.5 Å². The smallest absolute Gasteiger partial charge is 0.199 e. The number of hydroxylamine groups is 1. The zero-order valence-corrected chi connectivity index (χ0v) is 21.8. The predicted octanol–water partition coefficient (Wildman–Crippen LogP) is 5.29. The second-order valence-electron chi connectivity index (χ2n) is 9.66. The van der Waals surface area contributed by atoms with Crippen molar-refractivity contribution in [1.82, 2.24) is 25.3 Å². The number of benzene rings is 2. The van der Waals surface area contributed by atoms with E-state index in [-0.39, 0.29) is 34.5 Å². The van der Waals surface area contributed by atoms with Gasteiger partial charge in [-0.3, -0.25) is 10.7 Å². The maximum atomic E-state index is 13.0. The number of imidazole rings is 1. The van der Waals surface area contributed by atoms with Gasteiger partial charge in [0.15, 0.2) is 17.3 Å². The molecule has 3 heterocycles. The highest BCUT2D eigenvalue weighted by molar-refractivity contribution is 6.31. The molecule has 0 saturated heterocycles. The highest BCUT2D eigenvalue weighted by Crippen LogP contribution is 2.42. The molecule has 1 aliphatic carbocycles. The SMILES string of the molecule is Nc1nonc1C(=Nc1ccc(F)c(Cl)c1)NO.OC(CC1c2ccccc2-c2cncn21)C1CCCCC1. The van der Waals surface area contributed by atoms with Gasteiger partial charge in [0.05, 0.1) is 41.1 Å². The molecule has 204 valence electrons. The number of aliphatic hydroxyl groups excluding tert-OH is 1. The molecule has 2 atom stereocenters. The number of rotatable bonds is 5. The van der Waals surface area contributed by atoms with Crippen LogP contribution >= 0.6 is 11.6 Å². The number of halogens is 2. The van der Waals surface area contributed by atoms with Crippen LogP contribution in [0, 0.1) is 11.7 Å². The molecule has 0 spiro atoms. The Bertz CT molecular complexity index is 1450. The molecule has 0 bridgehead atoms. The fourth-order valence-corrected chi connectivity index (χ4v) is 5.46. The van der Waals surface area contributed by atoms with Crippen LogP contribution in [0.1, 0.15) is 55.8 Å². The van der Waals surface area contributed by atoms with Crippen molar-refractivity contribution in [2.75, 3.05) is 5.73 Å². The van der Waals surface area contributed by atoms with Gasteiger partial charge in [0.25, 0.3) is 0 Å². The van der Waals surface area contributed by atoms with E-state index in [9.17, 15) is 9.50 Å². The van der Waals surface area contributed by atoms with Crippen molar-refractivity contribution >= 4 is 28.9 Å². The Morgan fingerprint density at radius 2 is 2.00 bits per heavy atom. The Labute approximate surface area is 229 Å². The first-order valence-electron chi connectivity index (χ1n) is 12.8. The Kier molecular flexibility index (Phi) is 8.20. The number of aliphatic hydroxyl groups is 1. The zero-order chi connectivity index (χ0) is 27.4. The lowest BCUT2D eigenvalue weighted by Gasteiger charge is -2.29. The van der Waals surface area contributed by atoms with Gasteiger partial charge in [-0.05, 0) is 59.3 Å². The minimum absolute atomic E-state index is 0.0259. The molecule has 2 aromatic heterocycles. The van der Waals surface area contributed by atoms with Crippen LogP contribution in [0.15, 0.2) is 64.6 Å². The highest BCUT2D eigenvalue weighted by atomic mass is 35.5. The van der Waals surface area contributed by atoms with Gasteiger partial charge >= 0.3 is 0 Å². The van der Waals surface area contributed by atoms with E-state index >= 15 is 0 Å². The molecule has 4 aromatic rings. The second-order valence-corrected chi connectivity index (χ2v) is 10.1. The predicted molar refractivity (Wildman–Crippen MR) is 144 cm³/mol. The van der Waals surface area contributed by atoms with Crippen molar-refractivity contribution in [1.29, 1.82) is 0 Å². The Morgan fingerprint density at radius 1 is 1.21 bits per heavy atom. The van der Waals surface area contributed by atoms with Gasteiger partial charge in [-0.1, -0.05) is 55.1 Å². The molecule has 12 heteroatoms. The van der Waals surface area contributed by atoms with E-state index in [0.717, 1.165) is 12.5 Å². The van der Waals surface area contributed by atoms with Gasteiger partial charge < -0.3 is 15.4 Å². The van der Waals surface area contributed by atoms with Gasteiger partial charge in [0.1, 0.15) is 5.82 Å². The highest BCUT2D eigenvalue weighted by Gasteiger charge is 2.32. The summed E-state index contributed by atoms with van der Waals surface area (Å²) in [4.78, 5) is 8.24. The summed E-state index contributed by atoms with van der Waals surface area (Å²) in [6, 6.07) is 12.6. The topological polar surface area (TPSA) is 148 Å². The number of fused-ring (bicyclic) bond motifs is 3. The van der Waals surface area contributed by atoms with Gasteiger partial charge in [-0.25, -0.2) is 19.0 Å². The third-order valence-corrected chi connectivity index (χ3v) is 7.53. The van der Waals surface area contributed by atoms with Crippen LogP contribution in [0.25, 0.3) is 11.3 Å². The summed E-state index contributed by atoms with van der Waals surface area (Å²) in [5, 5.41) is 26.3. The maximum absolute atomic E-state index is 13.0. The van der Waals surface area contributed by atoms with E-state index < -0.39 is 5.82 Å². The van der Waals surface area contributed by atoms with Crippen molar-refractivity contribution in [3.05, 3.63) is 77.1 Å². The van der Waals surface area contributed by atoms with Gasteiger partial charge in [0, 0.05) is 5.56 Å². The van der Waals surface area contributed by atoms with Crippen LogP contribution in [-0.4, -0.2) is 42.1 Å². The van der Waals surface area contributed by atoms with Gasteiger partial charge in [-0.2, -0.15) is 0 Å². The first-order valence-corrected chi connectivity index (χ1v) is 13.2. The minimum atomic E-state index is -0.572. The van der Waals surface area contributed by atoms with Crippen LogP contribution in [0.5, 0.6) is 0 Å². The molecule has 0 amide bonds. The van der Waals surface area contributed by atoms with Crippen molar-refractivity contribution in [3.63, 3.8) is 0 Å². The van der Waals surface area contributed by atoms with Gasteiger partial charge in [-0.15, -0.1) is 0 Å². The summed E-state index contributed by atoms with van der Waals surface area (Å²) in [7, 11) is 0. The largest absolute Gasteiger partial charge is 0.393 e. The maximum Gasteiger partial charge on any atom is 0.199 e. The average Bonchev–Trinajstić information content (AvgIpc) is 3.68. The number of anilines is 1. The third kappa shape index (κ3) is 5.80. The van der Waals surface area contributed by atoms with Crippen molar-refractivity contribution in [2.24, 2.45) is 10.9 Å². The molecule has 5 N–H and O–H groups in total. The number of nitrogens with zero attached hydrogens (tertiary/aromatic N) is 5. The fourth-order valence-electron chi connectivity index (χ4n) is 5.29. The molecular formula is C27H29ClFN7O3. The second kappa shape index (κ2) is 11.9. The molecule has 2 aliphatic rings. The number of aliphatic imine (C=N–C) groups is 1. The van der Waals surface area contributed by atoms with E-state index in [1.807, 2.05) is 12.5 Å². The first kappa shape index (κ1) is 26.8. The Morgan fingerprint density at radius 3 is 2.72 bits per heavy atom. The molecule has 2 aromatic carbocycles. The van der Waals surface area contributed by atoms with Crippen molar-refractivity contribution in [3.8, 4) is 11.3 Å². The summed E-state index contributed by atoms with van der Waals surface area (Å²) >= 11 is 5.60. The van der Waals surface area contributed by atoms with Crippen LogP contribution in [0.4, 0.5) is 15.9 Å². The number of nitrogen functional groups attached to an aromatic ring is 1. The van der Waals surface area contributed by atoms with E-state index in [1.165, 1.54) is 61.1 Å². The van der Waals surface area contributed by atoms with E-state index in [2.05, 4.69) is 53.8 Å². The zero-order valence-electron chi connectivity index (χ0n) is 21.0. The molecule has 10 nitrogen and oxygen atoms in total. The summed E-state index contributed by atoms with van der Waals surface area (Å²) in [6.07, 6.45) is 10.7. The molecule has 0 radical (unpaired) electrons. The molecule has 2 unspecified atom stereocenters. The summed E-state index contributed by atoms with van der Waals surface area (Å²) < 4.78 is 19.6. The third-order valence-electron chi connectivity index (χ3n) is 7.24. The lowest BCUT2D eigenvalue weighted by atomic mass is 9.82. The van der Waals surface area contributed by atoms with E-state index in [1.54, 1.807) is 5.48 Å². The minimum Gasteiger partial charge on any atom is -0.393 e. The standard InChI is InChI=1S/C18H22N2O.C9H7ClFN5O2/c21-18(13-6-2-1-3-7-13)10-16-14-8-4-5-9-15(14)17-11-19-12-20(16)17;10-5-3-4(1-2-6(5)11)13-9(14-17)7-8(12)16-18-15-7/h4-5,8-9,11-13,16,18,21H,1-3,6-7,10H2;1-3,17H,(H2,12,16)(H,13,14). The molecule has 39 heavy (non-hydrogen) atoms. The van der Waals surface area contributed by atoms with Crippen molar-refractivity contribution in [2.45, 2.75) is 50.7 Å². The molecule has 1 saturated carbocycles. The number of nitrogens with two attached hydrogens (primary N) is 1. The summed E-state index contributed by atoms with van der Waals surface area (Å²) in [5.41, 5.74) is 11.4. The van der Waals surface area contributed by atoms with E-state index in [0.29, 0.717) is 11.6 Å². The number of hydrogen-bond donors (Lipinski definition) is 4. The number of aromatic nitrogens is 4. The van der Waals surface area contributed by atoms with Crippen molar-refractivity contribution < 1.29 is 19.3 Å². The molecule has 6 rings (SSSR count). The first-order chi connectivity index (χ1) is 19.0. The molecule has 1 fully saturated rings. The van der Waals surface area contributed by atoms with Crippen LogP contribution in [0.2, 0.25) is 5.02 Å². The fraction of sp³-hybridized carbons (Fsp3) is 0.333. The Hall–Kier alpha value is -3.80. The average molecular weight is 554 g/mol. The molecule has 1 aliphatic heterocycles. The monoisotopic (exact) mass is 553 g/mol. The quantitative estimate of drug-likeness (QED) is 0.148. The normalized spacial score (nSPS) is 17.6. The number of amidine groups is 1. The van der Waals surface area contributed by atoms with Gasteiger partial charge in [0.2, 0.25) is 0 Å². The van der Waals surface area contributed by atoms with Crippen LogP contribution in [-0.2, 0) is 0 Å². The number of nitrogens with one attached hydrogen (secondary N) is 1. The summed E-state index contributed by atoms with van der Waals surface area (Å²) in [5.74, 6) is -0.241. The number of hydrogen-bond acceptors (Lipinski definition) is 8. The summed E-state index contributed by atoms with van der Waals surface area (Å²) in [6.45, 7) is 0.